The van der Waals surface area contributed by atoms with Crippen LogP contribution in [0.1, 0.15) is 34.3 Å². The van der Waals surface area contributed by atoms with Crippen molar-refractivity contribution in [3.8, 4) is 11.3 Å². The topological polar surface area (TPSA) is 32.9 Å². The second-order valence-electron chi connectivity index (χ2n) is 6.53. The molecule has 0 radical (unpaired) electrons. The molecule has 2 nitrogen and oxygen atoms in total. The number of H-pyrrole nitrogens is 1. The van der Waals surface area contributed by atoms with Gasteiger partial charge in [0, 0.05) is 16.8 Å². The lowest BCUT2D eigenvalue weighted by molar-refractivity contribution is 0.0970. The molecule has 0 atom stereocenters. The number of hydrogen-bond donors (Lipinski definition) is 1. The number of rotatable bonds is 3. The third-order valence-electron chi connectivity index (χ3n) is 4.60. The van der Waals surface area contributed by atoms with Gasteiger partial charge in [0.2, 0.25) is 0 Å². The number of fused-ring (bicyclic) bond motifs is 1. The highest BCUT2D eigenvalue weighted by Gasteiger charge is 2.34. The molecule has 1 fully saturated rings. The minimum atomic E-state index is -0.226. The van der Waals surface area contributed by atoms with Gasteiger partial charge in [0.25, 0.3) is 0 Å². The Kier molecular flexibility index (Phi) is 3.12. The summed E-state index contributed by atoms with van der Waals surface area (Å²) in [5.74, 6) is 0.129. The maximum absolute atomic E-state index is 13.6. The van der Waals surface area contributed by atoms with E-state index in [4.69, 9.17) is 0 Å². The van der Waals surface area contributed by atoms with Crippen LogP contribution >= 0.6 is 0 Å². The zero-order valence-electron chi connectivity index (χ0n) is 13.2. The summed E-state index contributed by atoms with van der Waals surface area (Å²) < 4.78 is 13.6. The average Bonchev–Trinajstić information content (AvgIpc) is 3.30. The lowest BCUT2D eigenvalue weighted by Gasteiger charge is -2.06. The van der Waals surface area contributed by atoms with E-state index < -0.39 is 0 Å². The van der Waals surface area contributed by atoms with Gasteiger partial charge in [-0.25, -0.2) is 4.39 Å². The van der Waals surface area contributed by atoms with Gasteiger partial charge in [-0.15, -0.1) is 0 Å². The molecule has 1 aliphatic carbocycles. The maximum Gasteiger partial charge on any atom is 0.168 e. The highest BCUT2D eigenvalue weighted by atomic mass is 19.1. The molecule has 2 aromatic carbocycles. The Hall–Kier alpha value is -2.42. The number of benzene rings is 2. The van der Waals surface area contributed by atoms with Gasteiger partial charge < -0.3 is 4.98 Å². The SMILES string of the molecule is Cc1ccc2[nH]c(-c3ccc(F)c(C)c3)c(C(=O)C3CC3)c2c1. The van der Waals surface area contributed by atoms with Crippen molar-refractivity contribution in [3.63, 3.8) is 0 Å². The Morgan fingerprint density at radius 3 is 2.61 bits per heavy atom. The van der Waals surface area contributed by atoms with E-state index in [1.807, 2.05) is 19.1 Å². The van der Waals surface area contributed by atoms with Gasteiger partial charge in [0.05, 0.1) is 11.3 Å². The molecule has 0 bridgehead atoms. The first-order chi connectivity index (χ1) is 11.0. The summed E-state index contributed by atoms with van der Waals surface area (Å²) in [6.45, 7) is 3.77. The Balaban J connectivity index is 1.99. The lowest BCUT2D eigenvalue weighted by Crippen LogP contribution is -2.02. The van der Waals surface area contributed by atoms with E-state index in [2.05, 4.69) is 11.1 Å². The molecule has 1 aliphatic rings. The van der Waals surface area contributed by atoms with Crippen LogP contribution in [0, 0.1) is 25.6 Å². The van der Waals surface area contributed by atoms with Crippen molar-refractivity contribution in [1.29, 1.82) is 0 Å². The summed E-state index contributed by atoms with van der Waals surface area (Å²) in [6.07, 6.45) is 1.94. The van der Waals surface area contributed by atoms with Crippen LogP contribution in [0.3, 0.4) is 0 Å². The fourth-order valence-electron chi connectivity index (χ4n) is 3.13. The predicted octanol–water partition coefficient (Wildman–Crippen LogP) is 5.18. The van der Waals surface area contributed by atoms with E-state index in [1.165, 1.54) is 6.07 Å². The molecule has 1 saturated carbocycles. The fourth-order valence-corrected chi connectivity index (χ4v) is 3.13. The summed E-state index contributed by atoms with van der Waals surface area (Å²) in [6, 6.07) is 11.1. The molecule has 4 rings (SSSR count). The quantitative estimate of drug-likeness (QED) is 0.664. The van der Waals surface area contributed by atoms with E-state index in [-0.39, 0.29) is 17.5 Å². The number of carbonyl (C=O) groups is 1. The van der Waals surface area contributed by atoms with Crippen LogP contribution in [-0.2, 0) is 0 Å². The van der Waals surface area contributed by atoms with E-state index in [0.29, 0.717) is 5.56 Å². The van der Waals surface area contributed by atoms with Crippen molar-refractivity contribution in [2.75, 3.05) is 0 Å². The highest BCUT2D eigenvalue weighted by molar-refractivity contribution is 6.15. The number of nitrogens with one attached hydrogen (secondary N) is 1. The molecule has 23 heavy (non-hydrogen) atoms. The first-order valence-electron chi connectivity index (χ1n) is 7.97. The number of aryl methyl sites for hydroxylation is 2. The van der Waals surface area contributed by atoms with Gasteiger partial charge in [-0.1, -0.05) is 11.6 Å². The molecule has 1 heterocycles. The molecule has 0 spiro atoms. The lowest BCUT2D eigenvalue weighted by atomic mass is 9.97. The number of ketones is 1. The molecule has 3 aromatic rings. The van der Waals surface area contributed by atoms with Crippen molar-refractivity contribution in [2.45, 2.75) is 26.7 Å². The third-order valence-corrected chi connectivity index (χ3v) is 4.60. The van der Waals surface area contributed by atoms with Crippen molar-refractivity contribution in [2.24, 2.45) is 5.92 Å². The molecule has 1 aromatic heterocycles. The smallest absolute Gasteiger partial charge is 0.168 e. The molecule has 3 heteroatoms. The maximum atomic E-state index is 13.6. The Labute approximate surface area is 134 Å². The first kappa shape index (κ1) is 14.2. The number of hydrogen-bond acceptors (Lipinski definition) is 1. The molecule has 116 valence electrons. The second kappa shape index (κ2) is 5.05. The molecule has 0 amide bonds. The van der Waals surface area contributed by atoms with Crippen molar-refractivity contribution in [3.05, 3.63) is 58.9 Å². The van der Waals surface area contributed by atoms with Crippen LogP contribution in [0.4, 0.5) is 4.39 Å². The number of aromatic amines is 1. The highest BCUT2D eigenvalue weighted by Crippen LogP contribution is 2.39. The summed E-state index contributed by atoms with van der Waals surface area (Å²) in [5.41, 5.74) is 5.10. The van der Waals surface area contributed by atoms with Crippen LogP contribution < -0.4 is 0 Å². The van der Waals surface area contributed by atoms with Gasteiger partial charge in [-0.3, -0.25) is 4.79 Å². The minimum absolute atomic E-state index is 0.148. The standard InChI is InChI=1S/C20H18FNO/c1-11-3-8-17-15(9-11)18(20(23)13-4-5-13)19(22-17)14-6-7-16(21)12(2)10-14/h3,6-10,13,22H,4-5H2,1-2H3. The summed E-state index contributed by atoms with van der Waals surface area (Å²) in [7, 11) is 0. The largest absolute Gasteiger partial charge is 0.354 e. The summed E-state index contributed by atoms with van der Waals surface area (Å²) in [5, 5.41) is 0.971. The molecular weight excluding hydrogens is 289 g/mol. The van der Waals surface area contributed by atoms with Gasteiger partial charge in [0.1, 0.15) is 5.82 Å². The first-order valence-corrected chi connectivity index (χ1v) is 7.97. The normalized spacial score (nSPS) is 14.4. The molecule has 1 N–H and O–H groups in total. The fraction of sp³-hybridized carbons (Fsp3) is 0.250. The van der Waals surface area contributed by atoms with Crippen molar-refractivity contribution in [1.82, 2.24) is 4.98 Å². The molecule has 0 aliphatic heterocycles. The van der Waals surface area contributed by atoms with Gasteiger partial charge >= 0.3 is 0 Å². The number of Topliss-reactive ketones (excluding diaryl/α,β-unsaturated/α-hetero) is 1. The zero-order valence-corrected chi connectivity index (χ0v) is 13.2. The van der Waals surface area contributed by atoms with Crippen LogP contribution in [-0.4, -0.2) is 10.8 Å². The Bertz CT molecular complexity index is 934. The van der Waals surface area contributed by atoms with E-state index in [0.717, 1.165) is 46.1 Å². The molecule has 0 saturated heterocycles. The van der Waals surface area contributed by atoms with Crippen LogP contribution in [0.25, 0.3) is 22.2 Å². The predicted molar refractivity (Wildman–Crippen MR) is 90.2 cm³/mol. The second-order valence-corrected chi connectivity index (χ2v) is 6.53. The van der Waals surface area contributed by atoms with Crippen LogP contribution in [0.2, 0.25) is 0 Å². The summed E-state index contributed by atoms with van der Waals surface area (Å²) in [4.78, 5) is 16.2. The van der Waals surface area contributed by atoms with Gasteiger partial charge in [-0.05, 0) is 68.1 Å². The number of halogens is 1. The van der Waals surface area contributed by atoms with E-state index >= 15 is 0 Å². The Morgan fingerprint density at radius 1 is 1.13 bits per heavy atom. The van der Waals surface area contributed by atoms with Gasteiger partial charge in [-0.2, -0.15) is 0 Å². The minimum Gasteiger partial charge on any atom is -0.354 e. The van der Waals surface area contributed by atoms with Crippen molar-refractivity contribution >= 4 is 16.7 Å². The van der Waals surface area contributed by atoms with Crippen molar-refractivity contribution < 1.29 is 9.18 Å². The molecule has 0 unspecified atom stereocenters. The van der Waals surface area contributed by atoms with E-state index in [1.54, 1.807) is 19.1 Å². The monoisotopic (exact) mass is 307 g/mol. The number of carbonyl (C=O) groups excluding carboxylic acids is 1. The summed E-state index contributed by atoms with van der Waals surface area (Å²) >= 11 is 0. The van der Waals surface area contributed by atoms with Gasteiger partial charge in [0.15, 0.2) is 5.78 Å². The zero-order chi connectivity index (χ0) is 16.1. The molecular formula is C20H18FNO. The number of aromatic nitrogens is 1. The van der Waals surface area contributed by atoms with E-state index in [9.17, 15) is 9.18 Å². The van der Waals surface area contributed by atoms with Crippen LogP contribution in [0.5, 0.6) is 0 Å². The average molecular weight is 307 g/mol. The third kappa shape index (κ3) is 2.37. The Morgan fingerprint density at radius 2 is 1.91 bits per heavy atom. The van der Waals surface area contributed by atoms with Crippen LogP contribution in [0.15, 0.2) is 36.4 Å².